The third-order valence-corrected chi connectivity index (χ3v) is 8.51. The van der Waals surface area contributed by atoms with Crippen molar-refractivity contribution < 1.29 is 63.6 Å². The summed E-state index contributed by atoms with van der Waals surface area (Å²) >= 11 is 0. The number of carbonyl (C=O) groups excluding carboxylic acids is 2. The molecule has 0 unspecified atom stereocenters. The minimum atomic E-state index is -1.76. The van der Waals surface area contributed by atoms with E-state index in [-0.39, 0.29) is 39.5 Å². The van der Waals surface area contributed by atoms with Crippen LogP contribution in [0.3, 0.4) is 0 Å². The Hall–Kier alpha value is -6.77. The molecule has 1 aliphatic heterocycles. The number of fused-ring (bicyclic) bond motifs is 1. The Morgan fingerprint density at radius 1 is 0.759 bits per heavy atom. The number of ether oxygens (including phenoxy) is 4. The third-order valence-electron chi connectivity index (χ3n) is 8.51. The van der Waals surface area contributed by atoms with Crippen molar-refractivity contribution in [3.05, 3.63) is 118 Å². The molecule has 54 heavy (non-hydrogen) atoms. The van der Waals surface area contributed by atoms with Crippen LogP contribution >= 0.6 is 0 Å². The fraction of sp³-hybridized carbons (Fsp3) is 0.175. The number of phenolic OH excluding ortho intramolecular Hbond substituents is 5. The van der Waals surface area contributed by atoms with E-state index in [0.29, 0.717) is 16.7 Å². The number of rotatable bonds is 9. The van der Waals surface area contributed by atoms with E-state index in [0.717, 1.165) is 24.3 Å². The highest BCUT2D eigenvalue weighted by Gasteiger charge is 2.50. The molecule has 1 saturated heterocycles. The largest absolute Gasteiger partial charge is 0.508 e. The van der Waals surface area contributed by atoms with E-state index >= 15 is 0 Å². The summed E-state index contributed by atoms with van der Waals surface area (Å²) in [6.45, 7) is 3.05. The number of allylic oxidation sites excluding steroid dienone is 1. The number of hydrogen-bond acceptors (Lipinski definition) is 14. The van der Waals surface area contributed by atoms with Gasteiger partial charge in [-0.25, -0.2) is 9.59 Å². The van der Waals surface area contributed by atoms with Crippen LogP contribution in [-0.4, -0.2) is 73.3 Å². The first kappa shape index (κ1) is 37.0. The van der Waals surface area contributed by atoms with Crippen LogP contribution in [0.5, 0.6) is 34.5 Å². The molecule has 5 atom stereocenters. The standard InChI is InChI=1S/C40H34O14/c1-20(23-6-12-26(42)13-7-23)17-32(47)53-37-34(48)21(2)50-40(39(37)52-31(46)16-5-22-3-10-25(41)11-4-22)54-38-35(49)33-29(45)18-28(44)19-30(33)51-36(38)24-8-14-27(43)15-9-24/h3-19,21,34,37,39-45,48H,1-2H3/b16-5+,20-17+/t21-,34-,37-,39+,40+/m0/s1. The fourth-order valence-corrected chi connectivity index (χ4v) is 5.71. The van der Waals surface area contributed by atoms with Gasteiger partial charge in [0.1, 0.15) is 45.8 Å². The summed E-state index contributed by atoms with van der Waals surface area (Å²) in [6.07, 6.45) is -4.32. The van der Waals surface area contributed by atoms with Crippen LogP contribution in [0.15, 0.2) is 106 Å². The normalized spacial score (nSPS) is 20.1. The van der Waals surface area contributed by atoms with Crippen molar-refractivity contribution in [1.29, 1.82) is 0 Å². The number of aromatic hydroxyl groups is 5. The van der Waals surface area contributed by atoms with Gasteiger partial charge < -0.3 is 54.0 Å². The van der Waals surface area contributed by atoms with Crippen molar-refractivity contribution in [2.24, 2.45) is 0 Å². The van der Waals surface area contributed by atoms with E-state index in [1.807, 2.05) is 0 Å². The first-order chi connectivity index (χ1) is 25.8. The van der Waals surface area contributed by atoms with Crippen molar-refractivity contribution in [2.45, 2.75) is 44.6 Å². The van der Waals surface area contributed by atoms with Gasteiger partial charge in [-0.3, -0.25) is 4.79 Å². The van der Waals surface area contributed by atoms with Crippen LogP contribution in [0.4, 0.5) is 0 Å². The Kier molecular flexibility index (Phi) is 10.6. The van der Waals surface area contributed by atoms with Crippen molar-refractivity contribution in [2.75, 3.05) is 0 Å². The number of benzene rings is 4. The maximum Gasteiger partial charge on any atom is 0.331 e. The second-order valence-corrected chi connectivity index (χ2v) is 12.4. The zero-order chi connectivity index (χ0) is 38.7. The number of hydrogen-bond donors (Lipinski definition) is 6. The quantitative estimate of drug-likeness (QED) is 0.0854. The Labute approximate surface area is 306 Å². The maximum atomic E-state index is 14.1. The van der Waals surface area contributed by atoms with Crippen molar-refractivity contribution >= 4 is 34.6 Å². The van der Waals surface area contributed by atoms with Gasteiger partial charge in [-0.15, -0.1) is 0 Å². The van der Waals surface area contributed by atoms with Crippen molar-refractivity contribution in [3.8, 4) is 45.8 Å². The maximum absolute atomic E-state index is 14.1. The highest BCUT2D eigenvalue weighted by atomic mass is 16.7. The van der Waals surface area contributed by atoms with Gasteiger partial charge >= 0.3 is 11.9 Å². The van der Waals surface area contributed by atoms with E-state index in [4.69, 9.17) is 23.4 Å². The molecular weight excluding hydrogens is 704 g/mol. The van der Waals surface area contributed by atoms with Crippen LogP contribution in [0.2, 0.25) is 0 Å². The topological polar surface area (TPSA) is 223 Å². The molecule has 278 valence electrons. The lowest BCUT2D eigenvalue weighted by molar-refractivity contribution is -0.276. The summed E-state index contributed by atoms with van der Waals surface area (Å²) in [7, 11) is 0. The number of aliphatic hydroxyl groups is 1. The average molecular weight is 739 g/mol. The smallest absolute Gasteiger partial charge is 0.331 e. The summed E-state index contributed by atoms with van der Waals surface area (Å²) in [5, 5.41) is 60.8. The molecule has 14 nitrogen and oxygen atoms in total. The number of phenols is 5. The molecule has 14 heteroatoms. The molecule has 0 amide bonds. The van der Waals surface area contributed by atoms with Crippen LogP contribution in [-0.2, 0) is 23.8 Å². The lowest BCUT2D eigenvalue weighted by atomic mass is 9.99. The molecule has 6 N–H and O–H groups in total. The first-order valence-corrected chi connectivity index (χ1v) is 16.5. The first-order valence-electron chi connectivity index (χ1n) is 16.5. The zero-order valence-electron chi connectivity index (χ0n) is 28.7. The number of carbonyl (C=O) groups is 2. The van der Waals surface area contributed by atoms with Crippen LogP contribution in [0, 0.1) is 0 Å². The summed E-state index contributed by atoms with van der Waals surface area (Å²) in [5.74, 6) is -3.87. The molecule has 1 fully saturated rings. The van der Waals surface area contributed by atoms with E-state index < -0.39 is 65.3 Å². The Morgan fingerprint density at radius 2 is 1.35 bits per heavy atom. The Balaban J connectivity index is 1.41. The molecule has 2 heterocycles. The molecule has 0 bridgehead atoms. The van der Waals surface area contributed by atoms with E-state index in [1.165, 1.54) is 73.7 Å². The molecule has 5 aromatic rings. The summed E-state index contributed by atoms with van der Waals surface area (Å²) in [4.78, 5) is 40.7. The lowest BCUT2D eigenvalue weighted by Gasteiger charge is -2.42. The number of esters is 2. The lowest BCUT2D eigenvalue weighted by Crippen LogP contribution is -2.61. The van der Waals surface area contributed by atoms with Gasteiger partial charge in [0, 0.05) is 29.8 Å². The Morgan fingerprint density at radius 3 is 2.00 bits per heavy atom. The van der Waals surface area contributed by atoms with Gasteiger partial charge in [0.05, 0.1) is 6.10 Å². The minimum absolute atomic E-state index is 0.00601. The third kappa shape index (κ3) is 8.14. The van der Waals surface area contributed by atoms with Crippen LogP contribution in [0.25, 0.3) is 33.9 Å². The van der Waals surface area contributed by atoms with Crippen molar-refractivity contribution in [1.82, 2.24) is 0 Å². The summed E-state index contributed by atoms with van der Waals surface area (Å²) in [5.41, 5.74) is 0.587. The molecule has 0 spiro atoms. The number of aliphatic hydroxyl groups excluding tert-OH is 1. The molecule has 0 saturated carbocycles. The molecule has 4 aromatic carbocycles. The monoisotopic (exact) mass is 738 g/mol. The predicted octanol–water partition coefficient (Wildman–Crippen LogP) is 5.11. The summed E-state index contributed by atoms with van der Waals surface area (Å²) in [6, 6.07) is 19.4. The molecule has 1 aromatic heterocycles. The predicted molar refractivity (Wildman–Crippen MR) is 193 cm³/mol. The average Bonchev–Trinajstić information content (AvgIpc) is 3.13. The SMILES string of the molecule is C/C(=C\C(=O)O[C@H]1[C@@H](O)[C@H](C)O[C@H](Oc2c(-c3ccc(O)cc3)oc3cc(O)cc(O)c3c2=O)[C@@H]1OC(=O)/C=C/c1ccc(O)cc1)c1ccc(O)cc1. The summed E-state index contributed by atoms with van der Waals surface area (Å²) < 4.78 is 29.5. The fourth-order valence-electron chi connectivity index (χ4n) is 5.71. The van der Waals surface area contributed by atoms with E-state index in [9.17, 15) is 45.0 Å². The van der Waals surface area contributed by atoms with Crippen molar-refractivity contribution in [3.63, 3.8) is 0 Å². The van der Waals surface area contributed by atoms with Crippen LogP contribution < -0.4 is 10.2 Å². The van der Waals surface area contributed by atoms with Crippen LogP contribution in [0.1, 0.15) is 25.0 Å². The molecule has 0 radical (unpaired) electrons. The second-order valence-electron chi connectivity index (χ2n) is 12.4. The highest BCUT2D eigenvalue weighted by molar-refractivity contribution is 5.91. The van der Waals surface area contributed by atoms with Gasteiger partial charge in [-0.1, -0.05) is 24.3 Å². The molecule has 0 aliphatic carbocycles. The van der Waals surface area contributed by atoms with Gasteiger partial charge in [0.25, 0.3) is 0 Å². The van der Waals surface area contributed by atoms with E-state index in [1.54, 1.807) is 19.1 Å². The van der Waals surface area contributed by atoms with Gasteiger partial charge in [0.2, 0.25) is 23.6 Å². The molecule has 6 rings (SSSR count). The van der Waals surface area contributed by atoms with Gasteiger partial charge in [0.15, 0.2) is 11.9 Å². The second kappa shape index (κ2) is 15.5. The Bertz CT molecular complexity index is 2290. The van der Waals surface area contributed by atoms with Gasteiger partial charge in [-0.2, -0.15) is 0 Å². The molecular formula is C40H34O14. The zero-order valence-corrected chi connectivity index (χ0v) is 28.7. The molecule has 1 aliphatic rings. The minimum Gasteiger partial charge on any atom is -0.508 e. The highest BCUT2D eigenvalue weighted by Crippen LogP contribution is 2.38. The van der Waals surface area contributed by atoms with Gasteiger partial charge in [-0.05, 0) is 85.2 Å². The van der Waals surface area contributed by atoms with E-state index in [2.05, 4.69) is 0 Å².